The Kier molecular flexibility index (Phi) is 89.8. The van der Waals surface area contributed by atoms with Crippen LogP contribution in [0.3, 0.4) is 0 Å². The van der Waals surface area contributed by atoms with Gasteiger partial charge < -0.3 is 57.0 Å². The van der Waals surface area contributed by atoms with Crippen LogP contribution in [-0.4, -0.2) is 11.9 Å². The topological polar surface area (TPSA) is 80.3 Å². The van der Waals surface area contributed by atoms with Crippen LogP contribution in [0.25, 0.3) is 0 Å². The number of hydrogen-bond donors (Lipinski definition) is 0. The van der Waals surface area contributed by atoms with Gasteiger partial charge in [0, 0.05) is 33.0 Å². The molecule has 414 valence electrons. The Morgan fingerprint density at radius 3 is 0.382 bits per heavy atom. The third kappa shape index (κ3) is 83.4. The minimum Gasteiger partial charge on any atom is -1.00 e. The predicted molar refractivity (Wildman–Crippen MR) is 280 cm³/mol. The van der Waals surface area contributed by atoms with Crippen LogP contribution in [0.15, 0.2) is 0 Å². The number of halogens is 3. The first-order valence-corrected chi connectivity index (χ1v) is 29.9. The molecular formula is C60H118Cl3MoO4-5. The third-order valence-electron chi connectivity index (χ3n) is 14.0. The average Bonchev–Trinajstić information content (AvgIpc) is 3.28. The third-order valence-corrected chi connectivity index (χ3v) is 14.0. The molecule has 4 nitrogen and oxygen atoms in total. The summed E-state index contributed by atoms with van der Waals surface area (Å²) in [6.45, 7) is 4.59. The molecule has 0 amide bonds. The van der Waals surface area contributed by atoms with Crippen molar-refractivity contribution >= 4 is 11.9 Å². The van der Waals surface area contributed by atoms with E-state index in [0.29, 0.717) is 0 Å². The van der Waals surface area contributed by atoms with E-state index < -0.39 is 11.9 Å². The van der Waals surface area contributed by atoms with Crippen molar-refractivity contribution in [2.75, 3.05) is 0 Å². The van der Waals surface area contributed by atoms with E-state index in [1.807, 2.05) is 0 Å². The number of unbranched alkanes of at least 4 members (excludes halogenated alkanes) is 52. The van der Waals surface area contributed by atoms with Gasteiger partial charge in [-0.25, -0.2) is 0 Å². The van der Waals surface area contributed by atoms with Crippen LogP contribution in [0, 0.1) is 0 Å². The van der Waals surface area contributed by atoms with Gasteiger partial charge in [0.2, 0.25) is 0 Å². The van der Waals surface area contributed by atoms with Gasteiger partial charge in [0.25, 0.3) is 0 Å². The summed E-state index contributed by atoms with van der Waals surface area (Å²) in [7, 11) is 0. The zero-order chi connectivity index (χ0) is 46.8. The van der Waals surface area contributed by atoms with E-state index in [0.717, 1.165) is 25.7 Å². The Bertz CT molecular complexity index is 799. The van der Waals surface area contributed by atoms with Crippen molar-refractivity contribution in [1.82, 2.24) is 0 Å². The summed E-state index contributed by atoms with van der Waals surface area (Å²) < 4.78 is 0. The summed E-state index contributed by atoms with van der Waals surface area (Å²) in [5.74, 6) is -1.80. The molecule has 0 aliphatic rings. The first-order valence-electron chi connectivity index (χ1n) is 29.9. The Balaban J connectivity index is -0.000000267. The standard InChI is InChI=1S/2C30H60O2.3ClH.Mo/c2*1-2-3-4-5-6-7-8-9-10-11-12-13-14-15-16-17-18-19-20-21-22-23-24-25-26-27-28-29-30(31)32;;;;/h2*2-29H2,1H3,(H,31,32);3*1H;/p-5. The zero-order valence-electron chi connectivity index (χ0n) is 45.8. The molecular weight excluding hydrogens is 987 g/mol. The van der Waals surface area contributed by atoms with Crippen LogP contribution in [0.4, 0.5) is 0 Å². The van der Waals surface area contributed by atoms with Gasteiger partial charge >= 0.3 is 0 Å². The van der Waals surface area contributed by atoms with Crippen LogP contribution < -0.4 is 47.4 Å². The Hall–Kier alpha value is 0.498. The smallest absolute Gasteiger partial charge is 0.0414 e. The molecule has 0 fully saturated rings. The summed E-state index contributed by atoms with van der Waals surface area (Å²) in [4.78, 5) is 20.7. The summed E-state index contributed by atoms with van der Waals surface area (Å²) in [6, 6.07) is 0. The van der Waals surface area contributed by atoms with Crippen LogP contribution in [0.2, 0.25) is 0 Å². The van der Waals surface area contributed by atoms with Crippen LogP contribution in [0.1, 0.15) is 373 Å². The van der Waals surface area contributed by atoms with Crippen molar-refractivity contribution in [3.63, 3.8) is 0 Å². The van der Waals surface area contributed by atoms with Gasteiger partial charge in [-0.05, 0) is 25.7 Å². The molecule has 0 radical (unpaired) electrons. The minimum absolute atomic E-state index is 0. The van der Waals surface area contributed by atoms with Crippen LogP contribution in [0.5, 0.6) is 0 Å². The van der Waals surface area contributed by atoms with E-state index >= 15 is 0 Å². The van der Waals surface area contributed by atoms with Crippen molar-refractivity contribution in [1.29, 1.82) is 0 Å². The van der Waals surface area contributed by atoms with Crippen molar-refractivity contribution in [3.05, 3.63) is 0 Å². The summed E-state index contributed by atoms with van der Waals surface area (Å²) in [6.07, 6.45) is 75.2. The summed E-state index contributed by atoms with van der Waals surface area (Å²) in [5, 5.41) is 20.7. The fourth-order valence-corrected chi connectivity index (χ4v) is 9.52. The van der Waals surface area contributed by atoms with E-state index in [-0.39, 0.29) is 71.1 Å². The molecule has 0 spiro atoms. The van der Waals surface area contributed by atoms with Gasteiger partial charge in [-0.3, -0.25) is 0 Å². The molecule has 0 atom stereocenters. The fourth-order valence-electron chi connectivity index (χ4n) is 9.52. The Morgan fingerprint density at radius 1 is 0.206 bits per heavy atom. The number of aliphatic carboxylic acids is 2. The van der Waals surface area contributed by atoms with E-state index in [1.54, 1.807) is 0 Å². The quantitative estimate of drug-likeness (QED) is 0.0449. The molecule has 0 aliphatic heterocycles. The normalized spacial score (nSPS) is 10.6. The second-order valence-electron chi connectivity index (χ2n) is 20.6. The maximum Gasteiger partial charge on any atom is 0.0414 e. The van der Waals surface area contributed by atoms with Gasteiger partial charge in [0.15, 0.2) is 0 Å². The number of carbonyl (C=O) groups is 2. The van der Waals surface area contributed by atoms with E-state index in [2.05, 4.69) is 13.8 Å². The van der Waals surface area contributed by atoms with Gasteiger partial charge in [0.05, 0.1) is 0 Å². The first-order chi connectivity index (χ1) is 31.5. The van der Waals surface area contributed by atoms with Crippen molar-refractivity contribution in [2.24, 2.45) is 0 Å². The molecule has 0 aromatic rings. The second-order valence-corrected chi connectivity index (χ2v) is 20.6. The van der Waals surface area contributed by atoms with Gasteiger partial charge in [0.1, 0.15) is 0 Å². The zero-order valence-corrected chi connectivity index (χ0v) is 50.0. The number of carboxylic acids is 2. The molecule has 0 N–H and O–H groups in total. The number of carbonyl (C=O) groups excluding carboxylic acids is 2. The average molecular weight is 1110 g/mol. The largest absolute Gasteiger partial charge is 1.00 e. The molecule has 0 aromatic carbocycles. The Labute approximate surface area is 460 Å². The first kappa shape index (κ1) is 79.9. The van der Waals surface area contributed by atoms with E-state index in [1.165, 1.54) is 321 Å². The predicted octanol–water partition coefficient (Wildman–Crippen LogP) is 10.4. The van der Waals surface area contributed by atoms with Crippen LogP contribution in [-0.2, 0) is 30.7 Å². The molecule has 0 unspecified atom stereocenters. The molecule has 0 rings (SSSR count). The molecule has 0 saturated carbocycles. The van der Waals surface area contributed by atoms with Gasteiger partial charge in [-0.1, -0.05) is 348 Å². The van der Waals surface area contributed by atoms with E-state index in [4.69, 9.17) is 0 Å². The van der Waals surface area contributed by atoms with Crippen LogP contribution >= 0.6 is 0 Å². The van der Waals surface area contributed by atoms with Crippen molar-refractivity contribution in [2.45, 2.75) is 373 Å². The molecule has 0 aromatic heterocycles. The molecule has 0 bridgehead atoms. The molecule has 0 aliphatic carbocycles. The van der Waals surface area contributed by atoms with Crippen molar-refractivity contribution in [3.8, 4) is 0 Å². The van der Waals surface area contributed by atoms with Gasteiger partial charge in [-0.2, -0.15) is 0 Å². The second kappa shape index (κ2) is 76.4. The number of hydrogen-bond acceptors (Lipinski definition) is 4. The summed E-state index contributed by atoms with van der Waals surface area (Å²) in [5.41, 5.74) is 0. The molecule has 0 saturated heterocycles. The van der Waals surface area contributed by atoms with E-state index in [9.17, 15) is 19.8 Å². The monoisotopic (exact) mass is 1110 g/mol. The van der Waals surface area contributed by atoms with Crippen molar-refractivity contribution < 1.29 is 78.1 Å². The minimum atomic E-state index is -0.899. The number of rotatable bonds is 56. The molecule has 8 heteroatoms. The Morgan fingerprint density at radius 2 is 0.294 bits per heavy atom. The summed E-state index contributed by atoms with van der Waals surface area (Å²) >= 11 is 0. The maximum atomic E-state index is 10.3. The molecule has 0 heterocycles. The SMILES string of the molecule is CCCCCCCCCCCCCCCCCCCCCCCCCCCCCC(=O)[O-].CCCCCCCCCCCCCCCCCCCCCCCCCCCCCC(=O)[O-].[Cl-].[Cl-].[Cl-].[Mo]. The number of carboxylic acid groups (broad SMARTS) is 2. The fraction of sp³-hybridized carbons (Fsp3) is 0.967. The van der Waals surface area contributed by atoms with Gasteiger partial charge in [-0.15, -0.1) is 0 Å². The molecule has 68 heavy (non-hydrogen) atoms. The maximum absolute atomic E-state index is 10.3.